The van der Waals surface area contributed by atoms with Gasteiger partial charge in [-0.1, -0.05) is 60.7 Å². The zero-order valence-electron chi connectivity index (χ0n) is 14.3. The Morgan fingerprint density at radius 2 is 1.35 bits per heavy atom. The summed E-state index contributed by atoms with van der Waals surface area (Å²) in [4.78, 5) is 10.9. The van der Waals surface area contributed by atoms with Crippen LogP contribution in [0.15, 0.2) is 72.8 Å². The Morgan fingerprint density at radius 3 is 1.88 bits per heavy atom. The lowest BCUT2D eigenvalue weighted by Gasteiger charge is -2.10. The zero-order valence-corrected chi connectivity index (χ0v) is 14.3. The number of fused-ring (bicyclic) bond motifs is 3. The molecule has 0 spiro atoms. The largest absolute Gasteiger partial charge is 0.480 e. The highest BCUT2D eigenvalue weighted by molar-refractivity contribution is 6.08. The summed E-state index contributed by atoms with van der Waals surface area (Å²) in [5.41, 5.74) is 10.2. The highest BCUT2D eigenvalue weighted by Gasteiger charge is 2.13. The van der Waals surface area contributed by atoms with Crippen molar-refractivity contribution in [2.24, 2.45) is 5.73 Å². The zero-order chi connectivity index (χ0) is 18.1. The third kappa shape index (κ3) is 2.95. The molecule has 1 aromatic heterocycles. The van der Waals surface area contributed by atoms with Crippen LogP contribution < -0.4 is 5.73 Å². The molecule has 0 radical (unpaired) electrons. The van der Waals surface area contributed by atoms with Gasteiger partial charge in [-0.05, 0) is 29.7 Å². The molecule has 4 nitrogen and oxygen atoms in total. The van der Waals surface area contributed by atoms with Gasteiger partial charge in [0.2, 0.25) is 0 Å². The number of hydrogen-bond acceptors (Lipinski definition) is 2. The van der Waals surface area contributed by atoms with Gasteiger partial charge in [-0.15, -0.1) is 0 Å². The third-order valence-corrected chi connectivity index (χ3v) is 4.82. The van der Waals surface area contributed by atoms with E-state index in [1.807, 2.05) is 24.3 Å². The van der Waals surface area contributed by atoms with Gasteiger partial charge in [0.25, 0.3) is 0 Å². The van der Waals surface area contributed by atoms with Gasteiger partial charge in [0, 0.05) is 28.4 Å². The van der Waals surface area contributed by atoms with E-state index in [9.17, 15) is 4.79 Å². The maximum absolute atomic E-state index is 10.9. The van der Waals surface area contributed by atoms with E-state index in [-0.39, 0.29) is 0 Å². The minimum Gasteiger partial charge on any atom is -0.480 e. The number of nitrogens with zero attached hydrogens (tertiary/aromatic N) is 1. The van der Waals surface area contributed by atoms with Crippen LogP contribution in [0.1, 0.15) is 11.1 Å². The SMILES string of the molecule is N[C@@H](Cc1ccc(Cn2c3ccccc3c3ccccc32)cc1)C(=O)O. The second-order valence-electron chi connectivity index (χ2n) is 6.59. The molecule has 0 aliphatic carbocycles. The first-order valence-corrected chi connectivity index (χ1v) is 8.65. The van der Waals surface area contributed by atoms with Crippen LogP contribution in [0.2, 0.25) is 0 Å². The number of nitrogens with two attached hydrogens (primary N) is 1. The molecule has 4 heteroatoms. The Kier molecular flexibility index (Phi) is 4.19. The van der Waals surface area contributed by atoms with Gasteiger partial charge in [-0.3, -0.25) is 4.79 Å². The van der Waals surface area contributed by atoms with Crippen LogP contribution in [-0.2, 0) is 17.8 Å². The monoisotopic (exact) mass is 344 g/mol. The molecule has 1 atom stereocenters. The van der Waals surface area contributed by atoms with E-state index < -0.39 is 12.0 Å². The molecule has 4 rings (SSSR count). The number of carbonyl (C=O) groups is 1. The van der Waals surface area contributed by atoms with E-state index in [0.29, 0.717) is 6.42 Å². The van der Waals surface area contributed by atoms with Crippen molar-refractivity contribution in [3.05, 3.63) is 83.9 Å². The standard InChI is InChI=1S/C22H20N2O2/c23-19(22(25)26)13-15-9-11-16(12-10-15)14-24-20-7-3-1-5-17(20)18-6-2-4-8-21(18)24/h1-12,19H,13-14,23H2,(H,25,26)/t19-/m0/s1. The van der Waals surface area contributed by atoms with Crippen molar-refractivity contribution in [3.8, 4) is 0 Å². The number of aromatic nitrogens is 1. The fourth-order valence-electron chi connectivity index (χ4n) is 3.48. The highest BCUT2D eigenvalue weighted by Crippen LogP contribution is 2.29. The molecule has 130 valence electrons. The maximum atomic E-state index is 10.9. The summed E-state index contributed by atoms with van der Waals surface area (Å²) >= 11 is 0. The highest BCUT2D eigenvalue weighted by atomic mass is 16.4. The van der Waals surface area contributed by atoms with E-state index in [1.165, 1.54) is 27.4 Å². The normalized spacial score (nSPS) is 12.5. The van der Waals surface area contributed by atoms with Crippen molar-refractivity contribution < 1.29 is 9.90 Å². The summed E-state index contributed by atoms with van der Waals surface area (Å²) in [6.07, 6.45) is 0.338. The van der Waals surface area contributed by atoms with Crippen molar-refractivity contribution in [2.45, 2.75) is 19.0 Å². The molecular formula is C22H20N2O2. The molecule has 3 N–H and O–H groups in total. The van der Waals surface area contributed by atoms with Crippen LogP contribution in [0, 0.1) is 0 Å². The summed E-state index contributed by atoms with van der Waals surface area (Å²) in [5, 5.41) is 11.5. The second kappa shape index (κ2) is 6.65. The molecule has 0 saturated carbocycles. The molecule has 3 aromatic carbocycles. The van der Waals surface area contributed by atoms with Crippen LogP contribution >= 0.6 is 0 Å². The van der Waals surface area contributed by atoms with Gasteiger partial charge in [0.15, 0.2) is 0 Å². The van der Waals surface area contributed by atoms with Crippen LogP contribution in [0.3, 0.4) is 0 Å². The fourth-order valence-corrected chi connectivity index (χ4v) is 3.48. The van der Waals surface area contributed by atoms with E-state index in [1.54, 1.807) is 0 Å². The summed E-state index contributed by atoms with van der Waals surface area (Å²) in [6, 6.07) is 24.0. The molecule has 0 bridgehead atoms. The number of carboxylic acids is 1. The number of carboxylic acid groups (broad SMARTS) is 1. The predicted octanol–water partition coefficient (Wildman–Crippen LogP) is 3.80. The third-order valence-electron chi connectivity index (χ3n) is 4.82. The van der Waals surface area contributed by atoms with E-state index in [2.05, 4.69) is 53.1 Å². The molecular weight excluding hydrogens is 324 g/mol. The van der Waals surface area contributed by atoms with Crippen molar-refractivity contribution in [2.75, 3.05) is 0 Å². The summed E-state index contributed by atoms with van der Waals surface area (Å²) in [7, 11) is 0. The van der Waals surface area contributed by atoms with Gasteiger partial charge in [-0.25, -0.2) is 0 Å². The van der Waals surface area contributed by atoms with Gasteiger partial charge in [-0.2, -0.15) is 0 Å². The number of para-hydroxylation sites is 2. The first-order valence-electron chi connectivity index (χ1n) is 8.65. The Hall–Kier alpha value is -3.11. The summed E-state index contributed by atoms with van der Waals surface area (Å²) in [6.45, 7) is 0.763. The fraction of sp³-hybridized carbons (Fsp3) is 0.136. The Morgan fingerprint density at radius 1 is 0.846 bits per heavy atom. The van der Waals surface area contributed by atoms with Crippen molar-refractivity contribution in [1.29, 1.82) is 0 Å². The van der Waals surface area contributed by atoms with Crippen LogP contribution in [0.4, 0.5) is 0 Å². The summed E-state index contributed by atoms with van der Waals surface area (Å²) in [5.74, 6) is -0.973. The average molecular weight is 344 g/mol. The van der Waals surface area contributed by atoms with Crippen molar-refractivity contribution >= 4 is 27.8 Å². The molecule has 0 saturated heterocycles. The number of hydrogen-bond donors (Lipinski definition) is 2. The first-order chi connectivity index (χ1) is 12.6. The molecule has 0 fully saturated rings. The van der Waals surface area contributed by atoms with E-state index in [0.717, 1.165) is 12.1 Å². The van der Waals surface area contributed by atoms with Gasteiger partial charge >= 0.3 is 5.97 Å². The van der Waals surface area contributed by atoms with Crippen LogP contribution in [-0.4, -0.2) is 21.7 Å². The average Bonchev–Trinajstić information content (AvgIpc) is 2.97. The second-order valence-corrected chi connectivity index (χ2v) is 6.59. The number of benzene rings is 3. The molecule has 0 amide bonds. The molecule has 4 aromatic rings. The van der Waals surface area contributed by atoms with Gasteiger partial charge in [0.1, 0.15) is 6.04 Å². The van der Waals surface area contributed by atoms with Crippen LogP contribution in [0.5, 0.6) is 0 Å². The number of rotatable bonds is 5. The first kappa shape index (κ1) is 16.4. The summed E-state index contributed by atoms with van der Waals surface area (Å²) < 4.78 is 2.32. The Labute approximate surface area is 151 Å². The topological polar surface area (TPSA) is 68.2 Å². The van der Waals surface area contributed by atoms with Crippen molar-refractivity contribution in [3.63, 3.8) is 0 Å². The molecule has 1 heterocycles. The lowest BCUT2D eigenvalue weighted by atomic mass is 10.0. The number of aliphatic carboxylic acids is 1. The minimum absolute atomic E-state index is 0.338. The quantitative estimate of drug-likeness (QED) is 0.579. The predicted molar refractivity (Wildman–Crippen MR) is 104 cm³/mol. The molecule has 0 aliphatic heterocycles. The lowest BCUT2D eigenvalue weighted by Crippen LogP contribution is -2.32. The molecule has 26 heavy (non-hydrogen) atoms. The molecule has 0 aliphatic rings. The maximum Gasteiger partial charge on any atom is 0.320 e. The minimum atomic E-state index is -0.973. The smallest absolute Gasteiger partial charge is 0.320 e. The Bertz CT molecular complexity index is 1030. The van der Waals surface area contributed by atoms with E-state index >= 15 is 0 Å². The van der Waals surface area contributed by atoms with E-state index in [4.69, 9.17) is 10.8 Å². The van der Waals surface area contributed by atoms with Gasteiger partial charge in [0.05, 0.1) is 0 Å². The Balaban J connectivity index is 1.68. The van der Waals surface area contributed by atoms with Crippen LogP contribution in [0.25, 0.3) is 21.8 Å². The lowest BCUT2D eigenvalue weighted by molar-refractivity contribution is -0.138. The van der Waals surface area contributed by atoms with Gasteiger partial charge < -0.3 is 15.4 Å². The molecule has 0 unspecified atom stereocenters. The van der Waals surface area contributed by atoms with Crippen molar-refractivity contribution in [1.82, 2.24) is 4.57 Å².